The fraction of sp³-hybridized carbons (Fsp3) is 0.143. The van der Waals surface area contributed by atoms with Crippen LogP contribution in [0.5, 0.6) is 0 Å². The normalized spacial score (nSPS) is 12.2. The summed E-state index contributed by atoms with van der Waals surface area (Å²) in [5.74, 6) is -12.3. The van der Waals surface area contributed by atoms with E-state index in [0.29, 0.717) is 0 Å². The molecule has 0 aromatic heterocycles. The van der Waals surface area contributed by atoms with Crippen LogP contribution in [0.2, 0.25) is 0 Å². The largest absolute Gasteiger partial charge is 0.265 e. The summed E-state index contributed by atoms with van der Waals surface area (Å²) >= 11 is 0. The van der Waals surface area contributed by atoms with Crippen LogP contribution >= 0.6 is 0 Å². The molecule has 0 bridgehead atoms. The summed E-state index contributed by atoms with van der Waals surface area (Å²) in [7, 11) is 0. The number of hydrogen-bond acceptors (Lipinski definition) is 2. The fourth-order valence-corrected chi connectivity index (χ4v) is 2.13. The van der Waals surface area contributed by atoms with Crippen molar-refractivity contribution in [2.45, 2.75) is 5.92 Å². The van der Waals surface area contributed by atoms with E-state index >= 15 is 0 Å². The number of halogens is 5. The molecule has 1 atom stereocenters. The Morgan fingerprint density at radius 2 is 1.32 bits per heavy atom. The molecule has 0 aliphatic heterocycles. The zero-order chi connectivity index (χ0) is 16.4. The lowest BCUT2D eigenvalue weighted by Gasteiger charge is -2.16. The second-order valence-electron chi connectivity index (χ2n) is 4.46. The van der Waals surface area contributed by atoms with Gasteiger partial charge in [-0.2, -0.15) is 0 Å². The molecule has 22 heavy (non-hydrogen) atoms. The van der Waals surface area contributed by atoms with E-state index in [9.17, 15) is 32.1 Å². The van der Waals surface area contributed by atoms with Crippen molar-refractivity contribution in [3.63, 3.8) is 0 Å². The molecule has 0 saturated carbocycles. The maximum Gasteiger partial charge on any atom is 0.214 e. The van der Waals surface area contributed by atoms with Crippen molar-refractivity contribution in [1.82, 2.24) is 0 Å². The van der Waals surface area contributed by atoms with Gasteiger partial charge in [0, 0.05) is 10.5 Å². The van der Waals surface area contributed by atoms with Gasteiger partial charge in [-0.25, -0.2) is 22.0 Å². The lowest BCUT2D eigenvalue weighted by molar-refractivity contribution is -0.482. The Hall–Kier alpha value is -2.51. The molecule has 3 nitrogen and oxygen atoms in total. The lowest BCUT2D eigenvalue weighted by atomic mass is 9.90. The van der Waals surface area contributed by atoms with Gasteiger partial charge >= 0.3 is 0 Å². The number of rotatable bonds is 4. The van der Waals surface area contributed by atoms with Crippen LogP contribution in [0.4, 0.5) is 22.0 Å². The minimum atomic E-state index is -2.30. The van der Waals surface area contributed by atoms with Crippen molar-refractivity contribution in [1.29, 1.82) is 0 Å². The van der Waals surface area contributed by atoms with Gasteiger partial charge < -0.3 is 0 Å². The first-order valence-electron chi connectivity index (χ1n) is 6.02. The molecule has 2 aromatic rings. The summed E-state index contributed by atoms with van der Waals surface area (Å²) in [6.45, 7) is -1.01. The molecule has 0 radical (unpaired) electrons. The predicted molar refractivity (Wildman–Crippen MR) is 66.4 cm³/mol. The monoisotopic (exact) mass is 317 g/mol. The van der Waals surface area contributed by atoms with E-state index in [4.69, 9.17) is 0 Å². The fourth-order valence-electron chi connectivity index (χ4n) is 2.13. The van der Waals surface area contributed by atoms with Gasteiger partial charge in [-0.3, -0.25) is 10.1 Å². The summed E-state index contributed by atoms with van der Waals surface area (Å²) in [6.07, 6.45) is 0. The molecule has 2 aromatic carbocycles. The minimum Gasteiger partial charge on any atom is -0.265 e. The van der Waals surface area contributed by atoms with E-state index in [1.807, 2.05) is 0 Å². The summed E-state index contributed by atoms with van der Waals surface area (Å²) in [5.41, 5.74) is -1.14. The summed E-state index contributed by atoms with van der Waals surface area (Å²) in [6, 6.07) is 7.05. The van der Waals surface area contributed by atoms with Crippen LogP contribution in [0.3, 0.4) is 0 Å². The molecule has 2 rings (SSSR count). The van der Waals surface area contributed by atoms with Crippen LogP contribution in [0.25, 0.3) is 0 Å². The molecule has 8 heteroatoms. The van der Waals surface area contributed by atoms with Crippen LogP contribution in [0.1, 0.15) is 17.0 Å². The minimum absolute atomic E-state index is 0.0717. The SMILES string of the molecule is O=[N+]([O-])CC(c1ccccc1)c1c(F)c(F)c(F)c(F)c1F. The number of hydrogen-bond donors (Lipinski definition) is 0. The standard InChI is InChI=1S/C14H8F5NO2/c15-10-9(11(16)13(18)14(19)12(10)17)8(6-20(21)22)7-4-2-1-3-5-7/h1-5,8H,6H2. The molecule has 0 spiro atoms. The Labute approximate surface area is 121 Å². The van der Waals surface area contributed by atoms with Gasteiger partial charge in [-0.1, -0.05) is 30.3 Å². The van der Waals surface area contributed by atoms with Crippen molar-refractivity contribution in [2.75, 3.05) is 6.54 Å². The molecule has 0 N–H and O–H groups in total. The van der Waals surface area contributed by atoms with Gasteiger partial charge in [0.25, 0.3) is 0 Å². The van der Waals surface area contributed by atoms with E-state index in [-0.39, 0.29) is 5.56 Å². The van der Waals surface area contributed by atoms with E-state index < -0.39 is 52.0 Å². The van der Waals surface area contributed by atoms with Crippen molar-refractivity contribution < 1.29 is 26.9 Å². The lowest BCUT2D eigenvalue weighted by Crippen LogP contribution is -2.19. The van der Waals surface area contributed by atoms with Crippen LogP contribution in [-0.2, 0) is 0 Å². The third kappa shape index (κ3) is 2.76. The Kier molecular flexibility index (Phi) is 4.39. The van der Waals surface area contributed by atoms with Gasteiger partial charge in [-0.05, 0) is 5.56 Å². The van der Waals surface area contributed by atoms with Crippen LogP contribution in [0.15, 0.2) is 30.3 Å². The number of nitrogens with zero attached hydrogens (tertiary/aromatic N) is 1. The highest BCUT2D eigenvalue weighted by Crippen LogP contribution is 2.33. The summed E-state index contributed by atoms with van der Waals surface area (Å²) < 4.78 is 67.3. The molecule has 0 aliphatic rings. The van der Waals surface area contributed by atoms with Gasteiger partial charge in [-0.15, -0.1) is 0 Å². The topological polar surface area (TPSA) is 43.1 Å². The molecular formula is C14H8F5NO2. The molecule has 0 aliphatic carbocycles. The van der Waals surface area contributed by atoms with Crippen LogP contribution < -0.4 is 0 Å². The second-order valence-corrected chi connectivity index (χ2v) is 4.46. The smallest absolute Gasteiger partial charge is 0.214 e. The predicted octanol–water partition coefficient (Wildman–Crippen LogP) is 3.79. The zero-order valence-electron chi connectivity index (χ0n) is 10.8. The molecule has 1 unspecified atom stereocenters. The molecule has 0 fully saturated rings. The molecule has 0 saturated heterocycles. The van der Waals surface area contributed by atoms with Crippen molar-refractivity contribution in [3.8, 4) is 0 Å². The van der Waals surface area contributed by atoms with Crippen LogP contribution in [0, 0.1) is 39.2 Å². The van der Waals surface area contributed by atoms with E-state index in [1.54, 1.807) is 6.07 Å². The summed E-state index contributed by atoms with van der Waals surface area (Å²) in [4.78, 5) is 9.84. The maximum absolute atomic E-state index is 13.8. The quantitative estimate of drug-likeness (QED) is 0.283. The Morgan fingerprint density at radius 3 is 1.77 bits per heavy atom. The molecular weight excluding hydrogens is 309 g/mol. The maximum atomic E-state index is 13.8. The second kappa shape index (κ2) is 6.08. The zero-order valence-corrected chi connectivity index (χ0v) is 10.8. The highest BCUT2D eigenvalue weighted by atomic mass is 19.2. The Bertz CT molecular complexity index is 692. The van der Waals surface area contributed by atoms with E-state index in [2.05, 4.69) is 0 Å². The highest BCUT2D eigenvalue weighted by Gasteiger charge is 2.33. The van der Waals surface area contributed by atoms with E-state index in [0.717, 1.165) is 0 Å². The average molecular weight is 317 g/mol. The van der Waals surface area contributed by atoms with Crippen LogP contribution in [-0.4, -0.2) is 11.5 Å². The first-order chi connectivity index (χ1) is 10.3. The first kappa shape index (κ1) is 15.9. The Morgan fingerprint density at radius 1 is 0.864 bits per heavy atom. The third-order valence-electron chi connectivity index (χ3n) is 3.13. The van der Waals surface area contributed by atoms with Gasteiger partial charge in [0.15, 0.2) is 23.3 Å². The van der Waals surface area contributed by atoms with Crippen molar-refractivity contribution >= 4 is 0 Å². The first-order valence-corrected chi connectivity index (χ1v) is 6.02. The van der Waals surface area contributed by atoms with Crippen molar-refractivity contribution in [2.24, 2.45) is 0 Å². The molecule has 0 heterocycles. The third-order valence-corrected chi connectivity index (χ3v) is 3.13. The highest BCUT2D eigenvalue weighted by molar-refractivity contribution is 5.36. The van der Waals surface area contributed by atoms with Gasteiger partial charge in [0.05, 0.1) is 5.92 Å². The average Bonchev–Trinajstić information content (AvgIpc) is 2.50. The Balaban J connectivity index is 2.70. The molecule has 0 amide bonds. The van der Waals surface area contributed by atoms with E-state index in [1.165, 1.54) is 24.3 Å². The summed E-state index contributed by atoms with van der Waals surface area (Å²) in [5, 5.41) is 10.7. The number of benzene rings is 2. The molecule has 116 valence electrons. The van der Waals surface area contributed by atoms with Gasteiger partial charge in [0.2, 0.25) is 12.4 Å². The number of nitro groups is 1. The van der Waals surface area contributed by atoms with Gasteiger partial charge in [0.1, 0.15) is 0 Å². The van der Waals surface area contributed by atoms with Crippen molar-refractivity contribution in [3.05, 3.63) is 80.7 Å².